The van der Waals surface area contributed by atoms with Gasteiger partial charge in [-0.05, 0) is 0 Å². The van der Waals surface area contributed by atoms with Crippen molar-refractivity contribution in [2.24, 2.45) is 0 Å². The van der Waals surface area contributed by atoms with Crippen LogP contribution in [0.5, 0.6) is 0 Å². The van der Waals surface area contributed by atoms with Crippen LogP contribution in [0.25, 0.3) is 0 Å². The molecular formula is C7H14N2O3S. The molecule has 5 nitrogen and oxygen atoms in total. The molecule has 0 atom stereocenters. The highest BCUT2D eigenvalue weighted by atomic mass is 32.3. The Labute approximate surface area is 78.5 Å². The Hall–Kier alpha value is -0.590. The highest BCUT2D eigenvalue weighted by molar-refractivity contribution is 8.23. The van der Waals surface area contributed by atoms with Gasteiger partial charge in [0.2, 0.25) is 5.89 Å². The largest absolute Gasteiger partial charge is 0.408 e. The Balaban J connectivity index is 3.01. The van der Waals surface area contributed by atoms with Crippen molar-refractivity contribution >= 4 is 10.6 Å². The minimum atomic E-state index is -2.88. The summed E-state index contributed by atoms with van der Waals surface area (Å²) in [4.78, 5) is 0. The van der Waals surface area contributed by atoms with Gasteiger partial charge in [-0.1, -0.05) is 25.9 Å². The molecule has 2 N–H and O–H groups in total. The van der Waals surface area contributed by atoms with Gasteiger partial charge in [0.15, 0.2) is 0 Å². The van der Waals surface area contributed by atoms with Crippen LogP contribution in [0.4, 0.5) is 0 Å². The summed E-state index contributed by atoms with van der Waals surface area (Å²) in [5.41, 5.74) is -0.268. The number of aromatic nitrogens is 2. The molecule has 0 fully saturated rings. The highest BCUT2D eigenvalue weighted by Crippen LogP contribution is 2.43. The van der Waals surface area contributed by atoms with Gasteiger partial charge in [0, 0.05) is 11.7 Å². The number of nitrogens with zero attached hydrogens (tertiary/aromatic N) is 2. The minimum Gasteiger partial charge on any atom is -0.408 e. The first-order valence-electron chi connectivity index (χ1n) is 3.78. The molecule has 0 aliphatic heterocycles. The predicted molar refractivity (Wildman–Crippen MR) is 50.0 cm³/mol. The lowest BCUT2D eigenvalue weighted by Gasteiger charge is -2.20. The molecule has 0 saturated heterocycles. The first-order chi connectivity index (χ1) is 5.71. The van der Waals surface area contributed by atoms with Gasteiger partial charge in [0.05, 0.1) is 0 Å². The normalized spacial score (nSPS) is 14.6. The second-order valence-electron chi connectivity index (χ2n) is 3.96. The summed E-state index contributed by atoms with van der Waals surface area (Å²) in [6.45, 7) is 5.73. The van der Waals surface area contributed by atoms with Crippen LogP contribution < -0.4 is 0 Å². The van der Waals surface area contributed by atoms with E-state index in [-0.39, 0.29) is 10.6 Å². The first-order valence-corrected chi connectivity index (χ1v) is 5.74. The Morgan fingerprint density at radius 2 is 1.77 bits per heavy atom. The van der Waals surface area contributed by atoms with Gasteiger partial charge in [0.1, 0.15) is 0 Å². The van der Waals surface area contributed by atoms with Gasteiger partial charge in [-0.25, -0.2) is 0 Å². The summed E-state index contributed by atoms with van der Waals surface area (Å²) in [6, 6.07) is 0. The van der Waals surface area contributed by atoms with Crippen molar-refractivity contribution in [2.75, 3.05) is 6.26 Å². The average molecular weight is 206 g/mol. The molecule has 1 heterocycles. The second kappa shape index (κ2) is 2.97. The first kappa shape index (κ1) is 10.5. The van der Waals surface area contributed by atoms with E-state index in [2.05, 4.69) is 10.2 Å². The van der Waals surface area contributed by atoms with Crippen LogP contribution in [0.2, 0.25) is 0 Å². The van der Waals surface area contributed by atoms with Crippen molar-refractivity contribution < 1.29 is 13.5 Å². The van der Waals surface area contributed by atoms with Crippen LogP contribution in [0, 0.1) is 0 Å². The average Bonchev–Trinajstić information content (AvgIpc) is 2.28. The van der Waals surface area contributed by atoms with Gasteiger partial charge in [0.25, 0.3) is 0 Å². The fraction of sp³-hybridized carbons (Fsp3) is 0.714. The SMILES string of the molecule is CC(C)(C)c1nnc(S(C)(O)O)o1. The van der Waals surface area contributed by atoms with E-state index >= 15 is 0 Å². The van der Waals surface area contributed by atoms with Crippen molar-refractivity contribution in [3.8, 4) is 0 Å². The number of hydrogen-bond acceptors (Lipinski definition) is 5. The number of hydrogen-bond donors (Lipinski definition) is 2. The van der Waals surface area contributed by atoms with E-state index in [1.54, 1.807) is 0 Å². The van der Waals surface area contributed by atoms with Crippen LogP contribution in [-0.4, -0.2) is 25.6 Å². The molecule has 13 heavy (non-hydrogen) atoms. The summed E-state index contributed by atoms with van der Waals surface area (Å²) < 4.78 is 23.5. The molecule has 0 aliphatic carbocycles. The van der Waals surface area contributed by atoms with E-state index in [1.807, 2.05) is 20.8 Å². The zero-order valence-electron chi connectivity index (χ0n) is 8.11. The van der Waals surface area contributed by atoms with Crippen LogP contribution in [0.3, 0.4) is 0 Å². The highest BCUT2D eigenvalue weighted by Gasteiger charge is 2.25. The van der Waals surface area contributed by atoms with Crippen molar-refractivity contribution in [2.45, 2.75) is 31.4 Å². The second-order valence-corrected chi connectivity index (χ2v) is 5.97. The molecule has 0 saturated carbocycles. The maximum atomic E-state index is 9.21. The lowest BCUT2D eigenvalue weighted by Crippen LogP contribution is -2.11. The molecule has 6 heteroatoms. The van der Waals surface area contributed by atoms with Gasteiger partial charge in [-0.3, -0.25) is 9.11 Å². The zero-order chi connectivity index (χ0) is 10.3. The molecule has 0 unspecified atom stereocenters. The predicted octanol–water partition coefficient (Wildman–Crippen LogP) is 2.11. The van der Waals surface area contributed by atoms with Crippen molar-refractivity contribution in [3.63, 3.8) is 0 Å². The lowest BCUT2D eigenvalue weighted by molar-refractivity contribution is 0.327. The fourth-order valence-electron chi connectivity index (χ4n) is 0.669. The van der Waals surface area contributed by atoms with Crippen LogP contribution >= 0.6 is 10.6 Å². The van der Waals surface area contributed by atoms with Crippen molar-refractivity contribution in [3.05, 3.63) is 5.89 Å². The van der Waals surface area contributed by atoms with Gasteiger partial charge >= 0.3 is 5.22 Å². The smallest absolute Gasteiger partial charge is 0.333 e. The molecule has 0 aliphatic rings. The van der Waals surface area contributed by atoms with E-state index in [4.69, 9.17) is 4.42 Å². The minimum absolute atomic E-state index is 0.0996. The number of rotatable bonds is 1. The van der Waals surface area contributed by atoms with Gasteiger partial charge < -0.3 is 4.42 Å². The third kappa shape index (κ3) is 2.43. The molecule has 1 aromatic heterocycles. The quantitative estimate of drug-likeness (QED) is 0.735. The van der Waals surface area contributed by atoms with Crippen LogP contribution in [-0.2, 0) is 5.41 Å². The van der Waals surface area contributed by atoms with E-state index in [9.17, 15) is 9.11 Å². The fourth-order valence-corrected chi connectivity index (χ4v) is 1.10. The Morgan fingerprint density at radius 1 is 1.23 bits per heavy atom. The van der Waals surface area contributed by atoms with Crippen molar-refractivity contribution in [1.82, 2.24) is 10.2 Å². The molecule has 0 spiro atoms. The maximum absolute atomic E-state index is 9.21. The molecule has 76 valence electrons. The molecule has 0 amide bonds. The zero-order valence-corrected chi connectivity index (χ0v) is 8.92. The van der Waals surface area contributed by atoms with Gasteiger partial charge in [-0.2, -0.15) is 0 Å². The molecule has 1 rings (SSSR count). The third-order valence-corrected chi connectivity index (χ3v) is 2.21. The maximum Gasteiger partial charge on any atom is 0.333 e. The summed E-state index contributed by atoms with van der Waals surface area (Å²) >= 11 is 0. The molecule has 0 radical (unpaired) electrons. The third-order valence-electron chi connectivity index (χ3n) is 1.38. The molecule has 0 aromatic carbocycles. The molecular weight excluding hydrogens is 192 g/mol. The lowest BCUT2D eigenvalue weighted by atomic mass is 9.97. The van der Waals surface area contributed by atoms with E-state index in [0.717, 1.165) is 0 Å². The monoisotopic (exact) mass is 206 g/mol. The summed E-state index contributed by atoms with van der Waals surface area (Å²) in [6.07, 6.45) is 1.26. The molecule has 0 bridgehead atoms. The topological polar surface area (TPSA) is 79.4 Å². The molecule has 1 aromatic rings. The Morgan fingerprint density at radius 3 is 2.00 bits per heavy atom. The van der Waals surface area contributed by atoms with Crippen LogP contribution in [0.15, 0.2) is 9.64 Å². The summed E-state index contributed by atoms with van der Waals surface area (Å²) in [5.74, 6) is 0.407. The van der Waals surface area contributed by atoms with Crippen molar-refractivity contribution in [1.29, 1.82) is 0 Å². The Kier molecular flexibility index (Phi) is 2.40. The Bertz CT molecular complexity index is 269. The van der Waals surface area contributed by atoms with Crippen LogP contribution in [0.1, 0.15) is 26.7 Å². The standard InChI is InChI=1S/C7H14N2O3S/c1-7(2,3)5-8-9-6(12-5)13(4,10)11/h10-11H,1-4H3. The van der Waals surface area contributed by atoms with E-state index in [0.29, 0.717) is 5.89 Å². The van der Waals surface area contributed by atoms with E-state index in [1.165, 1.54) is 6.26 Å². The summed E-state index contributed by atoms with van der Waals surface area (Å²) in [5, 5.41) is 7.21. The summed E-state index contributed by atoms with van der Waals surface area (Å²) in [7, 11) is -2.88. The van der Waals surface area contributed by atoms with Gasteiger partial charge in [-0.15, -0.1) is 15.7 Å². The van der Waals surface area contributed by atoms with E-state index < -0.39 is 10.6 Å².